The van der Waals surface area contributed by atoms with Gasteiger partial charge in [0.1, 0.15) is 0 Å². The molecule has 18 heavy (non-hydrogen) atoms. The molecule has 0 radical (unpaired) electrons. The fourth-order valence-electron chi connectivity index (χ4n) is 2.24. The molecule has 0 unspecified atom stereocenters. The van der Waals surface area contributed by atoms with E-state index >= 15 is 0 Å². The number of hydrogen-bond donors (Lipinski definition) is 1. The van der Waals surface area contributed by atoms with Crippen molar-refractivity contribution in [1.29, 1.82) is 0 Å². The molecule has 0 atom stereocenters. The fourth-order valence-corrected chi connectivity index (χ4v) is 3.57. The number of fused-ring (bicyclic) bond motifs is 1. The normalized spacial score (nSPS) is 15.3. The van der Waals surface area contributed by atoms with Crippen molar-refractivity contribution in [2.24, 2.45) is 0 Å². The second-order valence-corrected chi connectivity index (χ2v) is 6.07. The summed E-state index contributed by atoms with van der Waals surface area (Å²) in [5.41, 5.74) is 0. The van der Waals surface area contributed by atoms with Crippen molar-refractivity contribution in [1.82, 2.24) is 14.8 Å². The Labute approximate surface area is 113 Å². The molecule has 0 amide bonds. The molecule has 0 spiro atoms. The highest BCUT2D eigenvalue weighted by atomic mass is 32.1. The van der Waals surface area contributed by atoms with Crippen LogP contribution < -0.4 is 0 Å². The monoisotopic (exact) mass is 273 g/mol. The second kappa shape index (κ2) is 3.76. The lowest BCUT2D eigenvalue weighted by atomic mass is 10.2. The van der Waals surface area contributed by atoms with Crippen LogP contribution in [0.15, 0.2) is 30.3 Å². The summed E-state index contributed by atoms with van der Waals surface area (Å²) >= 11 is 7.09. The van der Waals surface area contributed by atoms with E-state index in [0.717, 1.165) is 10.6 Å². The van der Waals surface area contributed by atoms with E-state index in [1.807, 2.05) is 0 Å². The lowest BCUT2D eigenvalue weighted by Crippen LogP contribution is -1.95. The van der Waals surface area contributed by atoms with Crippen LogP contribution in [0.5, 0.6) is 0 Å². The first-order valence-electron chi connectivity index (χ1n) is 5.99. The first kappa shape index (κ1) is 10.5. The Balaban J connectivity index is 1.94. The van der Waals surface area contributed by atoms with Gasteiger partial charge < -0.3 is 0 Å². The molecule has 3 aromatic rings. The summed E-state index contributed by atoms with van der Waals surface area (Å²) in [6.45, 7) is 0. The SMILES string of the molecule is S=c1[nH]nc(-c2cc3ccccc3s2)n1C1CC1. The van der Waals surface area contributed by atoms with E-state index in [0.29, 0.717) is 6.04 Å². The predicted molar refractivity (Wildman–Crippen MR) is 76.5 cm³/mol. The van der Waals surface area contributed by atoms with Gasteiger partial charge in [-0.1, -0.05) is 18.2 Å². The number of aromatic nitrogens is 3. The number of H-pyrrole nitrogens is 1. The van der Waals surface area contributed by atoms with Crippen LogP contribution in [0, 0.1) is 4.77 Å². The maximum Gasteiger partial charge on any atom is 0.195 e. The van der Waals surface area contributed by atoms with Gasteiger partial charge in [-0.15, -0.1) is 11.3 Å². The molecular weight excluding hydrogens is 262 g/mol. The Kier molecular flexibility index (Phi) is 2.19. The molecule has 4 rings (SSSR count). The predicted octanol–water partition coefficient (Wildman–Crippen LogP) is 4.16. The number of nitrogens with zero attached hydrogens (tertiary/aromatic N) is 2. The molecule has 1 aliphatic carbocycles. The number of thiophene rings is 1. The van der Waals surface area contributed by atoms with Gasteiger partial charge in [-0.05, 0) is 42.6 Å². The van der Waals surface area contributed by atoms with Crippen molar-refractivity contribution in [3.8, 4) is 10.7 Å². The summed E-state index contributed by atoms with van der Waals surface area (Å²) in [7, 11) is 0. The molecule has 0 aliphatic heterocycles. The third-order valence-electron chi connectivity index (χ3n) is 3.26. The maximum atomic E-state index is 5.32. The fraction of sp³-hybridized carbons (Fsp3) is 0.231. The van der Waals surface area contributed by atoms with Gasteiger partial charge in [-0.25, -0.2) is 0 Å². The minimum Gasteiger partial charge on any atom is -0.296 e. The third-order valence-corrected chi connectivity index (χ3v) is 4.66. The van der Waals surface area contributed by atoms with E-state index < -0.39 is 0 Å². The van der Waals surface area contributed by atoms with Crippen LogP contribution in [-0.4, -0.2) is 14.8 Å². The average Bonchev–Trinajstić information content (AvgIpc) is 3.00. The largest absolute Gasteiger partial charge is 0.296 e. The van der Waals surface area contributed by atoms with Crippen LogP contribution in [-0.2, 0) is 0 Å². The summed E-state index contributed by atoms with van der Waals surface area (Å²) in [4.78, 5) is 1.19. The van der Waals surface area contributed by atoms with Gasteiger partial charge in [-0.2, -0.15) is 5.10 Å². The molecule has 0 bridgehead atoms. The van der Waals surface area contributed by atoms with Gasteiger partial charge in [0.15, 0.2) is 10.6 Å². The summed E-state index contributed by atoms with van der Waals surface area (Å²) in [5.74, 6) is 0.990. The highest BCUT2D eigenvalue weighted by molar-refractivity contribution is 7.71. The maximum absolute atomic E-state index is 5.32. The van der Waals surface area contributed by atoms with Crippen LogP contribution in [0.25, 0.3) is 20.8 Å². The van der Waals surface area contributed by atoms with Gasteiger partial charge in [-0.3, -0.25) is 9.67 Å². The van der Waals surface area contributed by atoms with Crippen molar-refractivity contribution < 1.29 is 0 Å². The lowest BCUT2D eigenvalue weighted by Gasteiger charge is -2.01. The minimum absolute atomic E-state index is 0.552. The van der Waals surface area contributed by atoms with Crippen molar-refractivity contribution >= 4 is 33.6 Å². The first-order valence-corrected chi connectivity index (χ1v) is 7.21. The Morgan fingerprint density at radius 3 is 2.94 bits per heavy atom. The number of nitrogens with one attached hydrogen (secondary N) is 1. The topological polar surface area (TPSA) is 33.6 Å². The molecule has 3 nitrogen and oxygen atoms in total. The lowest BCUT2D eigenvalue weighted by molar-refractivity contribution is 0.736. The van der Waals surface area contributed by atoms with Crippen molar-refractivity contribution in [2.75, 3.05) is 0 Å². The minimum atomic E-state index is 0.552. The molecule has 1 aliphatic rings. The summed E-state index contributed by atoms with van der Waals surface area (Å²) in [6, 6.07) is 11.2. The van der Waals surface area contributed by atoms with Crippen LogP contribution in [0.1, 0.15) is 18.9 Å². The third kappa shape index (κ3) is 1.54. The van der Waals surface area contributed by atoms with Crippen molar-refractivity contribution in [3.05, 3.63) is 35.1 Å². The average molecular weight is 273 g/mol. The van der Waals surface area contributed by atoms with Crippen molar-refractivity contribution in [2.45, 2.75) is 18.9 Å². The molecule has 0 saturated heterocycles. The van der Waals surface area contributed by atoms with E-state index in [2.05, 4.69) is 45.1 Å². The summed E-state index contributed by atoms with van der Waals surface area (Å²) in [6.07, 6.45) is 2.43. The van der Waals surface area contributed by atoms with E-state index in [9.17, 15) is 0 Å². The zero-order chi connectivity index (χ0) is 12.1. The van der Waals surface area contributed by atoms with Gasteiger partial charge in [0.25, 0.3) is 0 Å². The van der Waals surface area contributed by atoms with E-state index in [4.69, 9.17) is 12.2 Å². The van der Waals surface area contributed by atoms with E-state index in [1.54, 1.807) is 11.3 Å². The molecule has 2 heterocycles. The molecule has 1 N–H and O–H groups in total. The number of hydrogen-bond acceptors (Lipinski definition) is 3. The summed E-state index contributed by atoms with van der Waals surface area (Å²) < 4.78 is 4.20. The van der Waals surface area contributed by atoms with E-state index in [-0.39, 0.29) is 0 Å². The Morgan fingerprint density at radius 2 is 2.17 bits per heavy atom. The highest BCUT2D eigenvalue weighted by Gasteiger charge is 2.28. The van der Waals surface area contributed by atoms with Crippen molar-refractivity contribution in [3.63, 3.8) is 0 Å². The molecule has 1 fully saturated rings. The zero-order valence-corrected chi connectivity index (χ0v) is 11.2. The highest BCUT2D eigenvalue weighted by Crippen LogP contribution is 2.40. The quantitative estimate of drug-likeness (QED) is 0.711. The Hall–Kier alpha value is -1.46. The van der Waals surface area contributed by atoms with Crippen LogP contribution in [0.3, 0.4) is 0 Å². The van der Waals surface area contributed by atoms with Crippen LogP contribution in [0.4, 0.5) is 0 Å². The van der Waals surface area contributed by atoms with Crippen LogP contribution >= 0.6 is 23.6 Å². The van der Waals surface area contributed by atoms with Gasteiger partial charge in [0.2, 0.25) is 0 Å². The second-order valence-electron chi connectivity index (χ2n) is 4.60. The van der Waals surface area contributed by atoms with Gasteiger partial charge in [0.05, 0.1) is 4.88 Å². The molecule has 1 saturated carbocycles. The van der Waals surface area contributed by atoms with Crippen LogP contribution in [0.2, 0.25) is 0 Å². The standard InChI is InChI=1S/C13H11N3S2/c17-13-15-14-12(16(13)9-5-6-9)11-7-8-3-1-2-4-10(8)18-11/h1-4,7,9H,5-6H2,(H,15,17). The number of aromatic amines is 1. The van der Waals surface area contributed by atoms with Gasteiger partial charge >= 0.3 is 0 Å². The smallest absolute Gasteiger partial charge is 0.195 e. The number of rotatable bonds is 2. The Bertz CT molecular complexity index is 744. The molecule has 90 valence electrons. The molecule has 2 aromatic heterocycles. The van der Waals surface area contributed by atoms with E-state index in [1.165, 1.54) is 27.8 Å². The molecule has 1 aromatic carbocycles. The molecular formula is C13H11N3S2. The first-order chi connectivity index (χ1) is 8.83. The zero-order valence-electron chi connectivity index (χ0n) is 9.59. The number of benzene rings is 1. The molecule has 5 heteroatoms. The summed E-state index contributed by atoms with van der Waals surface area (Å²) in [5, 5.41) is 8.59. The van der Waals surface area contributed by atoms with Gasteiger partial charge in [0, 0.05) is 10.7 Å². The Morgan fingerprint density at radius 1 is 1.33 bits per heavy atom.